The molecule has 0 spiro atoms. The number of carbonyl (C=O) groups is 2. The van der Waals surface area contributed by atoms with Crippen LogP contribution in [0.5, 0.6) is 0 Å². The van der Waals surface area contributed by atoms with Gasteiger partial charge in [-0.25, -0.2) is 4.79 Å². The Morgan fingerprint density at radius 2 is 1.76 bits per heavy atom. The maximum atomic E-state index is 11.8. The van der Waals surface area contributed by atoms with Gasteiger partial charge in [0.1, 0.15) is 6.54 Å². The molecule has 0 aromatic heterocycles. The van der Waals surface area contributed by atoms with Gasteiger partial charge in [0.25, 0.3) is 0 Å². The highest BCUT2D eigenvalue weighted by molar-refractivity contribution is 5.80. The van der Waals surface area contributed by atoms with Crippen molar-refractivity contribution >= 4 is 12.0 Å². The van der Waals surface area contributed by atoms with Gasteiger partial charge >= 0.3 is 12.0 Å². The first-order valence-electron chi connectivity index (χ1n) is 5.68. The monoisotopic (exact) mass is 245 g/mol. The molecule has 0 saturated heterocycles. The van der Waals surface area contributed by atoms with Gasteiger partial charge in [-0.05, 0) is 34.9 Å². The summed E-state index contributed by atoms with van der Waals surface area (Å²) in [6, 6.07) is -0.269. The molecule has 0 aromatic carbocycles. The van der Waals surface area contributed by atoms with Crippen LogP contribution in [0, 0.1) is 0 Å². The SMILES string of the molecule is CC(CNC(=O)N(CC(=O)O)C(C)C)N(C)C. The lowest BCUT2D eigenvalue weighted by Crippen LogP contribution is -2.49. The van der Waals surface area contributed by atoms with Crippen molar-refractivity contribution in [2.45, 2.75) is 32.9 Å². The maximum absolute atomic E-state index is 11.8. The number of likely N-dealkylation sites (N-methyl/N-ethyl adjacent to an activating group) is 1. The number of nitrogens with one attached hydrogen (secondary N) is 1. The van der Waals surface area contributed by atoms with Gasteiger partial charge in [-0.3, -0.25) is 4.79 Å². The molecule has 0 heterocycles. The molecule has 1 unspecified atom stereocenters. The highest BCUT2D eigenvalue weighted by Crippen LogP contribution is 1.99. The van der Waals surface area contributed by atoms with E-state index in [1.54, 1.807) is 13.8 Å². The zero-order valence-corrected chi connectivity index (χ0v) is 11.2. The molecule has 0 fully saturated rings. The van der Waals surface area contributed by atoms with Gasteiger partial charge in [-0.1, -0.05) is 0 Å². The minimum Gasteiger partial charge on any atom is -0.480 e. The minimum atomic E-state index is -1.01. The van der Waals surface area contributed by atoms with Gasteiger partial charge < -0.3 is 20.2 Å². The summed E-state index contributed by atoms with van der Waals surface area (Å²) >= 11 is 0. The molecule has 6 nitrogen and oxygen atoms in total. The average molecular weight is 245 g/mol. The molecule has 0 saturated carbocycles. The molecule has 6 heteroatoms. The Morgan fingerprint density at radius 3 is 2.12 bits per heavy atom. The molecule has 0 bridgehead atoms. The number of carboxylic acids is 1. The van der Waals surface area contributed by atoms with Gasteiger partial charge in [-0.15, -0.1) is 0 Å². The quantitative estimate of drug-likeness (QED) is 0.712. The molecule has 0 aliphatic rings. The standard InChI is InChI=1S/C11H23N3O3/c1-8(2)14(7-10(15)16)11(17)12-6-9(3)13(4)5/h8-9H,6-7H2,1-5H3,(H,12,17)(H,15,16). The Morgan fingerprint density at radius 1 is 1.24 bits per heavy atom. The maximum Gasteiger partial charge on any atom is 0.323 e. The van der Waals surface area contributed by atoms with Crippen LogP contribution in [0.4, 0.5) is 4.79 Å². The van der Waals surface area contributed by atoms with E-state index in [4.69, 9.17) is 5.11 Å². The Bertz CT molecular complexity index is 267. The van der Waals surface area contributed by atoms with Crippen molar-refractivity contribution in [2.75, 3.05) is 27.2 Å². The van der Waals surface area contributed by atoms with Gasteiger partial charge in [0.2, 0.25) is 0 Å². The lowest BCUT2D eigenvalue weighted by molar-refractivity contribution is -0.138. The minimum absolute atomic E-state index is 0.138. The summed E-state index contributed by atoms with van der Waals surface area (Å²) in [6.07, 6.45) is 0. The Balaban J connectivity index is 4.29. The van der Waals surface area contributed by atoms with E-state index in [2.05, 4.69) is 5.32 Å². The zero-order valence-electron chi connectivity index (χ0n) is 11.2. The van der Waals surface area contributed by atoms with Crippen LogP contribution in [0.25, 0.3) is 0 Å². The van der Waals surface area contributed by atoms with Crippen LogP contribution in [0.15, 0.2) is 0 Å². The first-order valence-corrected chi connectivity index (χ1v) is 5.68. The third-order valence-electron chi connectivity index (χ3n) is 2.62. The average Bonchev–Trinajstić information content (AvgIpc) is 2.21. The molecule has 0 aliphatic carbocycles. The zero-order chi connectivity index (χ0) is 13.6. The second-order valence-electron chi connectivity index (χ2n) is 4.61. The van der Waals surface area contributed by atoms with Crippen LogP contribution in [0.1, 0.15) is 20.8 Å². The van der Waals surface area contributed by atoms with E-state index in [9.17, 15) is 9.59 Å². The van der Waals surface area contributed by atoms with E-state index >= 15 is 0 Å². The number of urea groups is 1. The van der Waals surface area contributed by atoms with Crippen LogP contribution in [-0.2, 0) is 4.79 Å². The fourth-order valence-corrected chi connectivity index (χ4v) is 1.15. The number of rotatable bonds is 6. The highest BCUT2D eigenvalue weighted by atomic mass is 16.4. The van der Waals surface area contributed by atoms with E-state index < -0.39 is 5.97 Å². The Hall–Kier alpha value is -1.30. The topological polar surface area (TPSA) is 72.9 Å². The number of aliphatic carboxylic acids is 1. The van der Waals surface area contributed by atoms with Gasteiger partial charge in [0.15, 0.2) is 0 Å². The lowest BCUT2D eigenvalue weighted by atomic mass is 10.3. The second kappa shape index (κ2) is 7.11. The van der Waals surface area contributed by atoms with Crippen molar-refractivity contribution in [3.8, 4) is 0 Å². The molecule has 2 amide bonds. The molecule has 1 atom stereocenters. The van der Waals surface area contributed by atoms with Crippen molar-refractivity contribution < 1.29 is 14.7 Å². The molecular formula is C11H23N3O3. The largest absolute Gasteiger partial charge is 0.480 e. The number of carboxylic acid groups (broad SMARTS) is 1. The fourth-order valence-electron chi connectivity index (χ4n) is 1.15. The van der Waals surface area contributed by atoms with Crippen molar-refractivity contribution in [1.29, 1.82) is 0 Å². The van der Waals surface area contributed by atoms with Crippen molar-refractivity contribution in [2.24, 2.45) is 0 Å². The van der Waals surface area contributed by atoms with E-state index in [1.807, 2.05) is 25.9 Å². The molecule has 0 aliphatic heterocycles. The lowest BCUT2D eigenvalue weighted by Gasteiger charge is -2.27. The Labute approximate surface area is 103 Å². The number of hydrogen-bond acceptors (Lipinski definition) is 3. The summed E-state index contributed by atoms with van der Waals surface area (Å²) in [4.78, 5) is 25.7. The predicted octanol–water partition coefficient (Wildman–Crippen LogP) is 0.441. The summed E-state index contributed by atoms with van der Waals surface area (Å²) in [5.74, 6) is -1.01. The molecule has 0 rings (SSSR count). The second-order valence-corrected chi connectivity index (χ2v) is 4.61. The van der Waals surface area contributed by atoms with Crippen molar-refractivity contribution in [1.82, 2.24) is 15.1 Å². The normalized spacial score (nSPS) is 12.6. The third kappa shape index (κ3) is 6.11. The number of carbonyl (C=O) groups excluding carboxylic acids is 1. The van der Waals surface area contributed by atoms with Crippen LogP contribution in [0.3, 0.4) is 0 Å². The number of nitrogens with zero attached hydrogens (tertiary/aromatic N) is 2. The molecule has 2 N–H and O–H groups in total. The fraction of sp³-hybridized carbons (Fsp3) is 0.818. The van der Waals surface area contributed by atoms with Gasteiger partial charge in [-0.2, -0.15) is 0 Å². The molecule has 17 heavy (non-hydrogen) atoms. The summed E-state index contributed by atoms with van der Waals surface area (Å²) in [6.45, 7) is 5.78. The van der Waals surface area contributed by atoms with Crippen LogP contribution < -0.4 is 5.32 Å². The first-order chi connectivity index (χ1) is 7.75. The van der Waals surface area contributed by atoms with E-state index in [0.717, 1.165) is 0 Å². The van der Waals surface area contributed by atoms with Gasteiger partial charge in [0.05, 0.1) is 0 Å². The van der Waals surface area contributed by atoms with Gasteiger partial charge in [0, 0.05) is 18.6 Å². The van der Waals surface area contributed by atoms with Crippen LogP contribution >= 0.6 is 0 Å². The molecule has 0 radical (unpaired) electrons. The van der Waals surface area contributed by atoms with E-state index in [1.165, 1.54) is 4.90 Å². The van der Waals surface area contributed by atoms with E-state index in [-0.39, 0.29) is 24.7 Å². The predicted molar refractivity (Wildman–Crippen MR) is 66.0 cm³/mol. The van der Waals surface area contributed by atoms with E-state index in [0.29, 0.717) is 6.54 Å². The third-order valence-corrected chi connectivity index (χ3v) is 2.62. The summed E-state index contributed by atoms with van der Waals surface area (Å²) in [5, 5.41) is 11.4. The number of hydrogen-bond donors (Lipinski definition) is 2. The van der Waals surface area contributed by atoms with Crippen molar-refractivity contribution in [3.63, 3.8) is 0 Å². The smallest absolute Gasteiger partial charge is 0.323 e. The number of amides is 2. The summed E-state index contributed by atoms with van der Waals surface area (Å²) in [5.41, 5.74) is 0. The summed E-state index contributed by atoms with van der Waals surface area (Å²) < 4.78 is 0. The molecular weight excluding hydrogens is 222 g/mol. The molecule has 0 aromatic rings. The Kier molecular flexibility index (Phi) is 6.57. The highest BCUT2D eigenvalue weighted by Gasteiger charge is 2.20. The van der Waals surface area contributed by atoms with Crippen LogP contribution in [0.2, 0.25) is 0 Å². The summed E-state index contributed by atoms with van der Waals surface area (Å²) in [7, 11) is 3.85. The first kappa shape index (κ1) is 15.7. The van der Waals surface area contributed by atoms with Crippen LogP contribution in [-0.4, -0.2) is 66.2 Å². The van der Waals surface area contributed by atoms with Crippen molar-refractivity contribution in [3.05, 3.63) is 0 Å². The molecule has 100 valence electrons.